The number of carbonyl (C=O) groups excluding carboxylic acids is 1. The van der Waals surface area contributed by atoms with Gasteiger partial charge in [-0.05, 0) is 74.7 Å². The third-order valence-corrected chi connectivity index (χ3v) is 9.03. The van der Waals surface area contributed by atoms with Crippen LogP contribution < -0.4 is 5.32 Å². The number of rotatable bonds is 8. The molecule has 5 aliphatic rings. The topological polar surface area (TPSA) is 44.8 Å². The quantitative estimate of drug-likeness (QED) is 0.469. The first-order valence-corrected chi connectivity index (χ1v) is 14.4. The number of fused-ring (bicyclic) bond motifs is 2. The fraction of sp³-hybridized carbons (Fsp3) is 0.645. The second-order valence-corrected chi connectivity index (χ2v) is 11.4. The third-order valence-electron chi connectivity index (χ3n) is 9.03. The summed E-state index contributed by atoms with van der Waals surface area (Å²) in [6.07, 6.45) is 26.1. The highest BCUT2D eigenvalue weighted by Crippen LogP contribution is 2.40. The van der Waals surface area contributed by atoms with Crippen molar-refractivity contribution in [2.24, 2.45) is 5.92 Å². The van der Waals surface area contributed by atoms with Crippen molar-refractivity contribution in [3.05, 3.63) is 59.9 Å². The van der Waals surface area contributed by atoms with Gasteiger partial charge in [-0.1, -0.05) is 43.6 Å². The molecule has 2 aliphatic heterocycles. The van der Waals surface area contributed by atoms with Crippen molar-refractivity contribution >= 4 is 5.91 Å². The molecule has 0 radical (unpaired) electrons. The molecule has 0 aromatic heterocycles. The van der Waals surface area contributed by atoms with Crippen LogP contribution in [0.3, 0.4) is 0 Å². The number of amides is 1. The largest absolute Gasteiger partial charge is 0.497 e. The number of carbonyl (C=O) groups is 1. The lowest BCUT2D eigenvalue weighted by Crippen LogP contribution is -2.48. The minimum atomic E-state index is -0.0463. The van der Waals surface area contributed by atoms with E-state index >= 15 is 0 Å². The van der Waals surface area contributed by atoms with E-state index in [-0.39, 0.29) is 17.9 Å². The van der Waals surface area contributed by atoms with Crippen molar-refractivity contribution in [3.8, 4) is 0 Å². The van der Waals surface area contributed by atoms with Crippen molar-refractivity contribution in [1.82, 2.24) is 15.1 Å². The molecule has 4 unspecified atom stereocenters. The Morgan fingerprint density at radius 2 is 2.00 bits per heavy atom. The fourth-order valence-electron chi connectivity index (χ4n) is 7.17. The second-order valence-electron chi connectivity index (χ2n) is 11.4. The SMILES string of the molecule is C=CCN1CCC2CCC(C1)N2C(C1=CCC(C(=O)NC2CCCCC2)C=C1)C1=CC(OC)=CCC1. The highest BCUT2D eigenvalue weighted by molar-refractivity contribution is 5.81. The van der Waals surface area contributed by atoms with Gasteiger partial charge < -0.3 is 10.1 Å². The maximum atomic E-state index is 13.0. The maximum absolute atomic E-state index is 13.0. The van der Waals surface area contributed by atoms with E-state index in [0.29, 0.717) is 18.1 Å². The zero-order valence-corrected chi connectivity index (χ0v) is 22.2. The van der Waals surface area contributed by atoms with E-state index in [0.717, 1.165) is 57.5 Å². The average Bonchev–Trinajstić information content (AvgIpc) is 3.21. The fourth-order valence-corrected chi connectivity index (χ4v) is 7.17. The average molecular weight is 492 g/mol. The highest BCUT2D eigenvalue weighted by Gasteiger charge is 2.43. The summed E-state index contributed by atoms with van der Waals surface area (Å²) in [7, 11) is 1.78. The first-order chi connectivity index (χ1) is 17.7. The molecule has 2 saturated heterocycles. The molecule has 0 aromatic carbocycles. The molecule has 36 heavy (non-hydrogen) atoms. The summed E-state index contributed by atoms with van der Waals surface area (Å²) >= 11 is 0. The molecule has 0 aromatic rings. The van der Waals surface area contributed by atoms with E-state index in [1.165, 1.54) is 49.7 Å². The van der Waals surface area contributed by atoms with E-state index in [9.17, 15) is 4.79 Å². The van der Waals surface area contributed by atoms with Crippen molar-refractivity contribution in [2.45, 2.75) is 94.8 Å². The monoisotopic (exact) mass is 491 g/mol. The summed E-state index contributed by atoms with van der Waals surface area (Å²) in [6.45, 7) is 7.23. The van der Waals surface area contributed by atoms with Gasteiger partial charge in [0.05, 0.1) is 19.1 Å². The van der Waals surface area contributed by atoms with Crippen LogP contribution in [0.5, 0.6) is 0 Å². The molecule has 0 spiro atoms. The smallest absolute Gasteiger partial charge is 0.227 e. The zero-order chi connectivity index (χ0) is 24.9. The van der Waals surface area contributed by atoms with Gasteiger partial charge in [-0.25, -0.2) is 0 Å². The van der Waals surface area contributed by atoms with Gasteiger partial charge in [-0.3, -0.25) is 14.6 Å². The lowest BCUT2D eigenvalue weighted by Gasteiger charge is -2.40. The summed E-state index contributed by atoms with van der Waals surface area (Å²) in [5, 5.41) is 3.34. The number of methoxy groups -OCH3 is 1. The summed E-state index contributed by atoms with van der Waals surface area (Å²) in [5.41, 5.74) is 2.83. The van der Waals surface area contributed by atoms with Crippen molar-refractivity contribution < 1.29 is 9.53 Å². The lowest BCUT2D eigenvalue weighted by molar-refractivity contribution is -0.124. The van der Waals surface area contributed by atoms with Crippen LogP contribution in [0.25, 0.3) is 0 Å². The number of ether oxygens (including phenoxy) is 1. The zero-order valence-electron chi connectivity index (χ0n) is 22.2. The normalized spacial score (nSPS) is 30.6. The molecule has 5 rings (SSSR count). The van der Waals surface area contributed by atoms with E-state index in [1.54, 1.807) is 7.11 Å². The Kier molecular flexibility index (Phi) is 8.48. The predicted octanol–water partition coefficient (Wildman–Crippen LogP) is 5.28. The molecule has 1 saturated carbocycles. The van der Waals surface area contributed by atoms with E-state index in [4.69, 9.17) is 4.74 Å². The molecule has 5 heteroatoms. The molecule has 2 bridgehead atoms. The second kappa shape index (κ2) is 12.0. The lowest BCUT2D eigenvalue weighted by atomic mass is 9.84. The molecule has 196 valence electrons. The van der Waals surface area contributed by atoms with Crippen LogP contribution in [0, 0.1) is 5.92 Å². The number of nitrogens with zero attached hydrogens (tertiary/aromatic N) is 2. The van der Waals surface area contributed by atoms with Crippen molar-refractivity contribution in [1.29, 1.82) is 0 Å². The summed E-state index contributed by atoms with van der Waals surface area (Å²) in [5.74, 6) is 1.15. The number of allylic oxidation sites excluding steroid dienone is 3. The van der Waals surface area contributed by atoms with E-state index in [1.807, 2.05) is 6.08 Å². The van der Waals surface area contributed by atoms with Gasteiger partial charge in [0, 0.05) is 37.8 Å². The van der Waals surface area contributed by atoms with Crippen LogP contribution in [-0.4, -0.2) is 66.6 Å². The number of hydrogen-bond acceptors (Lipinski definition) is 4. The number of likely N-dealkylation sites (tertiary alicyclic amines) is 1. The first kappa shape index (κ1) is 25.5. The maximum Gasteiger partial charge on any atom is 0.227 e. The Morgan fingerprint density at radius 3 is 2.75 bits per heavy atom. The van der Waals surface area contributed by atoms with Gasteiger partial charge in [0.1, 0.15) is 5.76 Å². The molecule has 1 amide bonds. The molecule has 5 nitrogen and oxygen atoms in total. The Bertz CT molecular complexity index is 926. The van der Waals surface area contributed by atoms with Crippen LogP contribution in [0.15, 0.2) is 59.9 Å². The summed E-state index contributed by atoms with van der Waals surface area (Å²) < 4.78 is 5.67. The molecule has 3 aliphatic carbocycles. The van der Waals surface area contributed by atoms with Crippen LogP contribution in [0.4, 0.5) is 0 Å². The Balaban J connectivity index is 1.36. The van der Waals surface area contributed by atoms with Gasteiger partial charge in [0.25, 0.3) is 0 Å². The van der Waals surface area contributed by atoms with Crippen LogP contribution in [-0.2, 0) is 9.53 Å². The summed E-state index contributed by atoms with van der Waals surface area (Å²) in [6, 6.07) is 1.80. The standard InChI is InChI=1S/C31H45N3O2/c1-3-19-33-20-18-27-16-17-28(22-33)34(27)30(25-8-7-11-29(21-25)36-2)23-12-14-24(15-13-23)31(35)32-26-9-5-4-6-10-26/h3,11-14,21,24,26-28,30H,1,4-10,15-20,22H2,2H3,(H,32,35). The molecule has 1 N–H and O–H groups in total. The first-order valence-electron chi connectivity index (χ1n) is 14.4. The Labute approximate surface area is 218 Å². The third kappa shape index (κ3) is 5.73. The molecular formula is C31H45N3O2. The molecule has 3 fully saturated rings. The van der Waals surface area contributed by atoms with Gasteiger partial charge in [-0.2, -0.15) is 0 Å². The molecular weight excluding hydrogens is 446 g/mol. The van der Waals surface area contributed by atoms with E-state index in [2.05, 4.69) is 52.1 Å². The summed E-state index contributed by atoms with van der Waals surface area (Å²) in [4.78, 5) is 18.5. The van der Waals surface area contributed by atoms with E-state index < -0.39 is 0 Å². The number of hydrogen-bond donors (Lipinski definition) is 1. The van der Waals surface area contributed by atoms with Crippen LogP contribution in [0.1, 0.15) is 70.6 Å². The van der Waals surface area contributed by atoms with Crippen molar-refractivity contribution in [2.75, 3.05) is 26.7 Å². The predicted molar refractivity (Wildman–Crippen MR) is 146 cm³/mol. The minimum absolute atomic E-state index is 0.0463. The van der Waals surface area contributed by atoms with Crippen molar-refractivity contribution in [3.63, 3.8) is 0 Å². The Hall–Kier alpha value is -2.11. The van der Waals surface area contributed by atoms with Crippen LogP contribution >= 0.6 is 0 Å². The van der Waals surface area contributed by atoms with Gasteiger partial charge in [0.2, 0.25) is 5.91 Å². The van der Waals surface area contributed by atoms with Gasteiger partial charge >= 0.3 is 0 Å². The highest BCUT2D eigenvalue weighted by atomic mass is 16.5. The van der Waals surface area contributed by atoms with Crippen LogP contribution in [0.2, 0.25) is 0 Å². The van der Waals surface area contributed by atoms with Gasteiger partial charge in [-0.15, -0.1) is 6.58 Å². The Morgan fingerprint density at radius 1 is 1.17 bits per heavy atom. The minimum Gasteiger partial charge on any atom is -0.497 e. The molecule has 4 atom stereocenters. The number of nitrogens with one attached hydrogen (secondary N) is 1. The van der Waals surface area contributed by atoms with Gasteiger partial charge in [0.15, 0.2) is 0 Å². The molecule has 2 heterocycles.